The van der Waals surface area contributed by atoms with Gasteiger partial charge in [-0.1, -0.05) is 0 Å². The summed E-state index contributed by atoms with van der Waals surface area (Å²) in [6.07, 6.45) is 0. The maximum absolute atomic E-state index is 11.8. The normalized spacial score (nSPS) is 11.7. The molecule has 1 aromatic rings. The first kappa shape index (κ1) is 12.2. The van der Waals surface area contributed by atoms with Crippen LogP contribution >= 0.6 is 0 Å². The summed E-state index contributed by atoms with van der Waals surface area (Å²) in [7, 11) is 2.81. The van der Waals surface area contributed by atoms with Gasteiger partial charge in [0.1, 0.15) is 11.7 Å². The van der Waals surface area contributed by atoms with E-state index in [0.717, 1.165) is 0 Å². The number of Topliss-reactive ketones (excluding diaryl/α,β-unsaturated/α-hetero) is 1. The third-order valence-corrected chi connectivity index (χ3v) is 2.32. The molecular weight excluding hydrogens is 208 g/mol. The lowest BCUT2D eigenvalue weighted by Crippen LogP contribution is -2.22. The number of hydrogen-bond donors (Lipinski definition) is 0. The summed E-state index contributed by atoms with van der Waals surface area (Å²) < 4.78 is 9.49. The fourth-order valence-corrected chi connectivity index (χ4v) is 1.29. The Morgan fingerprint density at radius 3 is 2.12 bits per heavy atom. The largest absolute Gasteiger partial charge is 0.497 e. The molecule has 0 saturated heterocycles. The van der Waals surface area contributed by atoms with Crippen molar-refractivity contribution in [3.63, 3.8) is 0 Å². The first-order chi connectivity index (χ1) is 7.60. The summed E-state index contributed by atoms with van der Waals surface area (Å²) >= 11 is 0. The van der Waals surface area contributed by atoms with Gasteiger partial charge in [-0.15, -0.1) is 0 Å². The zero-order valence-corrected chi connectivity index (χ0v) is 9.52. The van der Waals surface area contributed by atoms with E-state index in [1.54, 1.807) is 31.4 Å². The first-order valence-corrected chi connectivity index (χ1v) is 4.86. The third-order valence-electron chi connectivity index (χ3n) is 2.32. The molecule has 0 bridgehead atoms. The van der Waals surface area contributed by atoms with E-state index in [1.165, 1.54) is 14.0 Å². The summed E-state index contributed by atoms with van der Waals surface area (Å²) in [4.78, 5) is 23.0. The second-order valence-electron chi connectivity index (χ2n) is 3.34. The molecule has 1 aromatic carbocycles. The molecule has 0 aliphatic heterocycles. The van der Waals surface area contributed by atoms with Crippen LogP contribution in [0.3, 0.4) is 0 Å². The van der Waals surface area contributed by atoms with Crippen LogP contribution in [0.4, 0.5) is 0 Å². The van der Waals surface area contributed by atoms with Gasteiger partial charge in [-0.3, -0.25) is 9.59 Å². The Balaban J connectivity index is 2.84. The first-order valence-electron chi connectivity index (χ1n) is 4.86. The molecular formula is C12H14O4. The van der Waals surface area contributed by atoms with Crippen LogP contribution in [0.5, 0.6) is 5.75 Å². The van der Waals surface area contributed by atoms with Crippen molar-refractivity contribution in [2.75, 3.05) is 14.2 Å². The van der Waals surface area contributed by atoms with Crippen LogP contribution in [0.2, 0.25) is 0 Å². The fourth-order valence-electron chi connectivity index (χ4n) is 1.29. The molecule has 0 aliphatic rings. The van der Waals surface area contributed by atoms with Crippen LogP contribution in [-0.4, -0.2) is 26.0 Å². The topological polar surface area (TPSA) is 52.6 Å². The maximum atomic E-state index is 11.8. The van der Waals surface area contributed by atoms with Gasteiger partial charge < -0.3 is 9.47 Å². The Morgan fingerprint density at radius 2 is 1.69 bits per heavy atom. The van der Waals surface area contributed by atoms with Gasteiger partial charge in [0.25, 0.3) is 0 Å². The molecule has 0 aromatic heterocycles. The maximum Gasteiger partial charge on any atom is 0.316 e. The van der Waals surface area contributed by atoms with Gasteiger partial charge in [-0.25, -0.2) is 0 Å². The third kappa shape index (κ3) is 2.59. The molecule has 1 rings (SSSR count). The standard InChI is InChI=1S/C12H14O4/c1-8(12(14)16-3)11(13)9-4-6-10(15-2)7-5-9/h4-8H,1-3H3. The smallest absolute Gasteiger partial charge is 0.316 e. The Labute approximate surface area is 94.2 Å². The van der Waals surface area contributed by atoms with Crippen LogP contribution in [0.1, 0.15) is 17.3 Å². The lowest BCUT2D eigenvalue weighted by molar-refractivity contribution is -0.143. The lowest BCUT2D eigenvalue weighted by Gasteiger charge is -2.08. The average molecular weight is 222 g/mol. The van der Waals surface area contributed by atoms with E-state index in [9.17, 15) is 9.59 Å². The van der Waals surface area contributed by atoms with Crippen molar-refractivity contribution in [2.24, 2.45) is 5.92 Å². The molecule has 4 nitrogen and oxygen atoms in total. The summed E-state index contributed by atoms with van der Waals surface area (Å²) in [5, 5.41) is 0. The number of rotatable bonds is 4. The molecule has 0 fully saturated rings. The van der Waals surface area contributed by atoms with E-state index in [4.69, 9.17) is 4.74 Å². The summed E-state index contributed by atoms with van der Waals surface area (Å²) in [6.45, 7) is 1.53. The molecule has 1 atom stereocenters. The molecule has 0 heterocycles. The van der Waals surface area contributed by atoms with Gasteiger partial charge in [0, 0.05) is 5.56 Å². The molecule has 0 saturated carbocycles. The van der Waals surface area contributed by atoms with Crippen LogP contribution < -0.4 is 4.74 Å². The predicted molar refractivity (Wildman–Crippen MR) is 58.5 cm³/mol. The van der Waals surface area contributed by atoms with Crippen molar-refractivity contribution < 1.29 is 19.1 Å². The second kappa shape index (κ2) is 5.30. The van der Waals surface area contributed by atoms with E-state index in [0.29, 0.717) is 11.3 Å². The highest BCUT2D eigenvalue weighted by molar-refractivity contribution is 6.08. The van der Waals surface area contributed by atoms with E-state index < -0.39 is 11.9 Å². The highest BCUT2D eigenvalue weighted by Gasteiger charge is 2.23. The Kier molecular flexibility index (Phi) is 4.05. The van der Waals surface area contributed by atoms with Gasteiger partial charge in [0.15, 0.2) is 5.78 Å². The van der Waals surface area contributed by atoms with Crippen LogP contribution in [0.25, 0.3) is 0 Å². The number of carbonyl (C=O) groups excluding carboxylic acids is 2. The summed E-state index contributed by atoms with van der Waals surface area (Å²) in [5.41, 5.74) is 0.471. The molecule has 1 unspecified atom stereocenters. The van der Waals surface area contributed by atoms with E-state index in [-0.39, 0.29) is 5.78 Å². The van der Waals surface area contributed by atoms with Gasteiger partial charge in [-0.2, -0.15) is 0 Å². The SMILES string of the molecule is COC(=O)C(C)C(=O)c1ccc(OC)cc1. The van der Waals surface area contributed by atoms with E-state index in [1.807, 2.05) is 0 Å². The van der Waals surface area contributed by atoms with Gasteiger partial charge in [0.05, 0.1) is 14.2 Å². The predicted octanol–water partition coefficient (Wildman–Crippen LogP) is 1.69. The number of carbonyl (C=O) groups is 2. The monoisotopic (exact) mass is 222 g/mol. The Morgan fingerprint density at radius 1 is 1.12 bits per heavy atom. The zero-order valence-electron chi connectivity index (χ0n) is 9.52. The number of ketones is 1. The molecule has 0 aliphatic carbocycles. The molecule has 16 heavy (non-hydrogen) atoms. The molecule has 4 heteroatoms. The van der Waals surface area contributed by atoms with Crippen molar-refractivity contribution in [2.45, 2.75) is 6.92 Å². The van der Waals surface area contributed by atoms with Crippen molar-refractivity contribution in [3.05, 3.63) is 29.8 Å². The van der Waals surface area contributed by atoms with Crippen molar-refractivity contribution in [3.8, 4) is 5.75 Å². The van der Waals surface area contributed by atoms with Gasteiger partial charge in [0.2, 0.25) is 0 Å². The summed E-state index contributed by atoms with van der Waals surface area (Å²) in [6, 6.07) is 6.61. The van der Waals surface area contributed by atoms with Crippen LogP contribution in [-0.2, 0) is 9.53 Å². The summed E-state index contributed by atoms with van der Waals surface area (Å²) in [5.74, 6) is -0.893. The minimum Gasteiger partial charge on any atom is -0.497 e. The Hall–Kier alpha value is -1.84. The number of benzene rings is 1. The van der Waals surface area contributed by atoms with Crippen molar-refractivity contribution in [1.82, 2.24) is 0 Å². The average Bonchev–Trinajstić information content (AvgIpc) is 2.36. The molecule has 0 N–H and O–H groups in total. The fraction of sp³-hybridized carbons (Fsp3) is 0.333. The highest BCUT2D eigenvalue weighted by Crippen LogP contribution is 2.15. The van der Waals surface area contributed by atoms with Crippen LogP contribution in [0, 0.1) is 5.92 Å². The van der Waals surface area contributed by atoms with Crippen molar-refractivity contribution >= 4 is 11.8 Å². The minimum absolute atomic E-state index is 0.255. The van der Waals surface area contributed by atoms with Gasteiger partial charge >= 0.3 is 5.97 Å². The highest BCUT2D eigenvalue weighted by atomic mass is 16.5. The second-order valence-corrected chi connectivity index (χ2v) is 3.34. The van der Waals surface area contributed by atoms with Crippen LogP contribution in [0.15, 0.2) is 24.3 Å². The van der Waals surface area contributed by atoms with Crippen molar-refractivity contribution in [1.29, 1.82) is 0 Å². The molecule has 0 amide bonds. The molecule has 0 spiro atoms. The molecule has 0 radical (unpaired) electrons. The number of esters is 1. The zero-order chi connectivity index (χ0) is 12.1. The minimum atomic E-state index is -0.779. The Bertz CT molecular complexity index is 381. The van der Waals surface area contributed by atoms with E-state index >= 15 is 0 Å². The number of ether oxygens (including phenoxy) is 2. The quantitative estimate of drug-likeness (QED) is 0.442. The van der Waals surface area contributed by atoms with Gasteiger partial charge in [-0.05, 0) is 31.2 Å². The number of hydrogen-bond acceptors (Lipinski definition) is 4. The lowest BCUT2D eigenvalue weighted by atomic mass is 9.99. The molecule has 86 valence electrons. The van der Waals surface area contributed by atoms with E-state index in [2.05, 4.69) is 4.74 Å². The number of methoxy groups -OCH3 is 2.